The Labute approximate surface area is 152 Å². The largest absolute Gasteiger partial charge is 0.355 e. The minimum atomic E-state index is -0.590. The van der Waals surface area contributed by atoms with E-state index in [0.717, 1.165) is 29.2 Å². The van der Waals surface area contributed by atoms with E-state index >= 15 is 0 Å². The molecule has 1 heterocycles. The molecule has 0 radical (unpaired) electrons. The zero-order chi connectivity index (χ0) is 17.4. The molecular weight excluding hydrogens is 334 g/mol. The highest BCUT2D eigenvalue weighted by molar-refractivity contribution is 7.10. The zero-order valence-corrected chi connectivity index (χ0v) is 15.3. The Morgan fingerprint density at radius 2 is 1.84 bits per heavy atom. The number of nitrogens with two attached hydrogens (primary N) is 1. The summed E-state index contributed by atoms with van der Waals surface area (Å²) in [7, 11) is 0. The first-order valence-electron chi connectivity index (χ1n) is 9.37. The molecule has 25 heavy (non-hydrogen) atoms. The van der Waals surface area contributed by atoms with Gasteiger partial charge < -0.3 is 16.4 Å². The van der Waals surface area contributed by atoms with Crippen molar-refractivity contribution in [2.45, 2.75) is 51.0 Å². The van der Waals surface area contributed by atoms with Gasteiger partial charge in [0.15, 0.2) is 0 Å². The number of primary amides is 1. The van der Waals surface area contributed by atoms with Gasteiger partial charge in [0.05, 0.1) is 12.5 Å². The Kier molecular flexibility index (Phi) is 4.48. The molecule has 5 nitrogen and oxygen atoms in total. The summed E-state index contributed by atoms with van der Waals surface area (Å²) in [5, 5.41) is 7.82. The van der Waals surface area contributed by atoms with E-state index in [1.165, 1.54) is 49.9 Å². The first-order valence-corrected chi connectivity index (χ1v) is 10.3. The van der Waals surface area contributed by atoms with Crippen molar-refractivity contribution in [3.8, 4) is 0 Å². The molecule has 1 aromatic heterocycles. The predicted molar refractivity (Wildman–Crippen MR) is 98.0 cm³/mol. The lowest BCUT2D eigenvalue weighted by Crippen LogP contribution is -2.51. The number of thiophene rings is 1. The molecule has 4 aliphatic rings. The second-order valence-corrected chi connectivity index (χ2v) is 9.45. The molecule has 4 aliphatic carbocycles. The maximum absolute atomic E-state index is 12.5. The molecule has 1 atom stereocenters. The first-order chi connectivity index (χ1) is 12.0. The van der Waals surface area contributed by atoms with Gasteiger partial charge >= 0.3 is 6.03 Å². The standard InChI is InChI=1S/C19H27N3O2S/c20-18(24)22-15(16-2-1-3-25-16)7-17(23)21-11-19-8-12-4-13(9-19)6-14(5-12)10-19/h1-3,12-15H,4-11H2,(H,21,23)(H3,20,22,24)/t12?,13?,14?,15-,19?/m1/s1. The number of urea groups is 1. The van der Waals surface area contributed by atoms with Gasteiger partial charge in [-0.15, -0.1) is 11.3 Å². The van der Waals surface area contributed by atoms with Crippen LogP contribution in [0.15, 0.2) is 17.5 Å². The maximum atomic E-state index is 12.5. The van der Waals surface area contributed by atoms with Gasteiger partial charge in [0.1, 0.15) is 0 Å². The van der Waals surface area contributed by atoms with Crippen molar-refractivity contribution in [1.29, 1.82) is 0 Å². The fourth-order valence-corrected chi connectivity index (χ4v) is 6.71. The molecule has 1 aromatic rings. The van der Waals surface area contributed by atoms with Gasteiger partial charge in [-0.1, -0.05) is 6.07 Å². The molecule has 0 unspecified atom stereocenters. The smallest absolute Gasteiger partial charge is 0.312 e. The van der Waals surface area contributed by atoms with Crippen molar-refractivity contribution in [3.63, 3.8) is 0 Å². The average molecular weight is 362 g/mol. The van der Waals surface area contributed by atoms with Crippen LogP contribution in [0.4, 0.5) is 4.79 Å². The summed E-state index contributed by atoms with van der Waals surface area (Å²) in [6, 6.07) is 2.92. The molecule has 5 rings (SSSR count). The van der Waals surface area contributed by atoms with E-state index in [1.54, 1.807) is 0 Å². The number of carbonyl (C=O) groups excluding carboxylic acids is 2. The van der Waals surface area contributed by atoms with E-state index in [4.69, 9.17) is 5.73 Å². The van der Waals surface area contributed by atoms with Crippen LogP contribution in [0.1, 0.15) is 55.9 Å². The average Bonchev–Trinajstić information content (AvgIpc) is 3.05. The van der Waals surface area contributed by atoms with Crippen molar-refractivity contribution in [3.05, 3.63) is 22.4 Å². The third kappa shape index (κ3) is 3.68. The minimum Gasteiger partial charge on any atom is -0.355 e. The molecule has 0 saturated heterocycles. The van der Waals surface area contributed by atoms with Crippen LogP contribution in [0.25, 0.3) is 0 Å². The van der Waals surface area contributed by atoms with Gasteiger partial charge in [0, 0.05) is 11.4 Å². The van der Waals surface area contributed by atoms with Gasteiger partial charge in [0.2, 0.25) is 5.91 Å². The molecule has 136 valence electrons. The summed E-state index contributed by atoms with van der Waals surface area (Å²) in [5.41, 5.74) is 5.61. The van der Waals surface area contributed by atoms with Crippen molar-refractivity contribution in [1.82, 2.24) is 10.6 Å². The third-order valence-electron chi connectivity index (χ3n) is 6.42. The summed E-state index contributed by atoms with van der Waals surface area (Å²) in [6.07, 6.45) is 8.34. The molecule has 0 aromatic carbocycles. The van der Waals surface area contributed by atoms with Crippen LogP contribution in [-0.2, 0) is 4.79 Å². The molecular formula is C19H27N3O2S. The number of carbonyl (C=O) groups is 2. The Hall–Kier alpha value is -1.56. The van der Waals surface area contributed by atoms with Crippen molar-refractivity contribution in [2.24, 2.45) is 28.9 Å². The number of rotatable bonds is 6. The fourth-order valence-electron chi connectivity index (χ4n) is 5.93. The number of hydrogen-bond acceptors (Lipinski definition) is 3. The normalized spacial score (nSPS) is 33.8. The van der Waals surface area contributed by atoms with E-state index in [-0.39, 0.29) is 18.4 Å². The topological polar surface area (TPSA) is 84.2 Å². The second-order valence-electron chi connectivity index (χ2n) is 8.48. The third-order valence-corrected chi connectivity index (χ3v) is 7.40. The molecule has 0 spiro atoms. The predicted octanol–water partition coefficient (Wildman–Crippen LogP) is 3.18. The highest BCUT2D eigenvalue weighted by Crippen LogP contribution is 2.59. The quantitative estimate of drug-likeness (QED) is 0.727. The number of nitrogens with one attached hydrogen (secondary N) is 2. The minimum absolute atomic E-state index is 0.00268. The SMILES string of the molecule is NC(=O)N[C@H](CC(=O)NCC12CC3CC(CC(C3)C1)C2)c1cccs1. The highest BCUT2D eigenvalue weighted by Gasteiger charge is 2.50. The lowest BCUT2D eigenvalue weighted by molar-refractivity contribution is -0.123. The van der Waals surface area contributed by atoms with E-state index in [0.29, 0.717) is 5.41 Å². The van der Waals surface area contributed by atoms with Crippen molar-refractivity contribution < 1.29 is 9.59 Å². The molecule has 4 bridgehead atoms. The molecule has 3 amide bonds. The Bertz CT molecular complexity index is 608. The number of amides is 3. The lowest BCUT2D eigenvalue weighted by Gasteiger charge is -2.56. The van der Waals surface area contributed by atoms with E-state index < -0.39 is 6.03 Å². The summed E-state index contributed by atoms with van der Waals surface area (Å²) < 4.78 is 0. The summed E-state index contributed by atoms with van der Waals surface area (Å²) in [6.45, 7) is 0.795. The molecule has 4 N–H and O–H groups in total. The Balaban J connectivity index is 1.35. The Morgan fingerprint density at radius 3 is 2.36 bits per heavy atom. The van der Waals surface area contributed by atoms with Crippen LogP contribution < -0.4 is 16.4 Å². The van der Waals surface area contributed by atoms with Gasteiger partial charge in [-0.25, -0.2) is 4.79 Å². The van der Waals surface area contributed by atoms with Crippen LogP contribution >= 0.6 is 11.3 Å². The maximum Gasteiger partial charge on any atom is 0.312 e. The Morgan fingerprint density at radius 1 is 1.20 bits per heavy atom. The summed E-state index contributed by atoms with van der Waals surface area (Å²) in [4.78, 5) is 24.7. The van der Waals surface area contributed by atoms with Gasteiger partial charge in [-0.2, -0.15) is 0 Å². The fraction of sp³-hybridized carbons (Fsp3) is 0.684. The first kappa shape index (κ1) is 16.9. The molecule has 4 saturated carbocycles. The molecule has 6 heteroatoms. The van der Waals surface area contributed by atoms with Crippen LogP contribution in [0.5, 0.6) is 0 Å². The monoisotopic (exact) mass is 361 g/mol. The number of hydrogen-bond donors (Lipinski definition) is 3. The lowest BCUT2D eigenvalue weighted by atomic mass is 9.49. The summed E-state index contributed by atoms with van der Waals surface area (Å²) >= 11 is 1.53. The van der Waals surface area contributed by atoms with Gasteiger partial charge in [-0.3, -0.25) is 4.79 Å². The summed E-state index contributed by atoms with van der Waals surface area (Å²) in [5.74, 6) is 2.67. The van der Waals surface area contributed by atoms with Crippen molar-refractivity contribution in [2.75, 3.05) is 6.54 Å². The zero-order valence-electron chi connectivity index (χ0n) is 14.5. The van der Waals surface area contributed by atoms with E-state index in [1.807, 2.05) is 17.5 Å². The van der Waals surface area contributed by atoms with E-state index in [9.17, 15) is 9.59 Å². The van der Waals surface area contributed by atoms with Crippen LogP contribution in [-0.4, -0.2) is 18.5 Å². The van der Waals surface area contributed by atoms with E-state index in [2.05, 4.69) is 10.6 Å². The van der Waals surface area contributed by atoms with Crippen LogP contribution in [0, 0.1) is 23.2 Å². The second kappa shape index (κ2) is 6.63. The van der Waals surface area contributed by atoms with Crippen molar-refractivity contribution >= 4 is 23.3 Å². The van der Waals surface area contributed by atoms with Crippen LogP contribution in [0.3, 0.4) is 0 Å². The highest BCUT2D eigenvalue weighted by atomic mass is 32.1. The molecule has 4 fully saturated rings. The van der Waals surface area contributed by atoms with Crippen LogP contribution in [0.2, 0.25) is 0 Å². The molecule has 0 aliphatic heterocycles. The van der Waals surface area contributed by atoms with Gasteiger partial charge in [0.25, 0.3) is 0 Å². The van der Waals surface area contributed by atoms with Gasteiger partial charge in [-0.05, 0) is 73.1 Å².